The number of rotatable bonds is 1. The molecule has 8 heteroatoms. The number of aryl methyl sites for hydroxylation is 1. The molecule has 1 aromatic rings. The number of aliphatic hydroxyl groups excluding tert-OH is 2. The fourth-order valence-corrected chi connectivity index (χ4v) is 2.18. The zero-order valence-electron chi connectivity index (χ0n) is 9.61. The van der Waals surface area contributed by atoms with E-state index in [1.54, 1.807) is 17.7 Å². The third-order valence-electron chi connectivity index (χ3n) is 3.14. The van der Waals surface area contributed by atoms with Crippen LogP contribution in [0.15, 0.2) is 6.20 Å². The molecule has 4 atom stereocenters. The molecule has 7 nitrogen and oxygen atoms in total. The van der Waals surface area contributed by atoms with Crippen LogP contribution in [0.2, 0.25) is 0 Å². The van der Waals surface area contributed by atoms with Gasteiger partial charge in [0.2, 0.25) is 0 Å². The zero-order valence-corrected chi connectivity index (χ0v) is 10.4. The molecule has 0 saturated carbocycles. The molecule has 0 radical (unpaired) electrons. The van der Waals surface area contributed by atoms with E-state index in [1.165, 1.54) is 0 Å². The van der Waals surface area contributed by atoms with Crippen LogP contribution in [0.1, 0.15) is 11.8 Å². The summed E-state index contributed by atoms with van der Waals surface area (Å²) < 4.78 is 12.6. The van der Waals surface area contributed by atoms with Gasteiger partial charge in [0.15, 0.2) is 17.8 Å². The minimum absolute atomic E-state index is 0. The molecule has 18 heavy (non-hydrogen) atoms. The zero-order chi connectivity index (χ0) is 12.2. The van der Waals surface area contributed by atoms with E-state index in [9.17, 15) is 5.11 Å². The Labute approximate surface area is 109 Å². The Morgan fingerprint density at radius 1 is 1.56 bits per heavy atom. The molecule has 0 amide bonds. The second-order valence-corrected chi connectivity index (χ2v) is 4.28. The average molecular weight is 276 g/mol. The van der Waals surface area contributed by atoms with E-state index < -0.39 is 24.5 Å². The molecule has 0 bridgehead atoms. The van der Waals surface area contributed by atoms with Gasteiger partial charge in [0.05, 0.1) is 6.61 Å². The Morgan fingerprint density at radius 3 is 2.94 bits per heavy atom. The van der Waals surface area contributed by atoms with E-state index in [1.807, 2.05) is 0 Å². The fourth-order valence-electron chi connectivity index (χ4n) is 2.18. The molecule has 3 N–H and O–H groups in total. The molecule has 1 aromatic heterocycles. The molecule has 0 aromatic carbocycles. The Kier molecular flexibility index (Phi) is 3.33. The monoisotopic (exact) mass is 275 g/mol. The molecule has 0 spiro atoms. The molecule has 0 aliphatic carbocycles. The molecule has 100 valence electrons. The Morgan fingerprint density at radius 2 is 2.28 bits per heavy atom. The number of hydrogen-bond acceptors (Lipinski definition) is 6. The van der Waals surface area contributed by atoms with Crippen molar-refractivity contribution in [1.29, 1.82) is 5.41 Å². The summed E-state index contributed by atoms with van der Waals surface area (Å²) >= 11 is 0. The first kappa shape index (κ1) is 13.3. The van der Waals surface area contributed by atoms with Gasteiger partial charge < -0.3 is 19.7 Å². The Hall–Kier alpha value is -1.15. The number of fused-ring (bicyclic) bond motifs is 3. The number of nitrogens with zero attached hydrogens (tertiary/aromatic N) is 2. The summed E-state index contributed by atoms with van der Waals surface area (Å²) in [5.74, 6) is 0. The van der Waals surface area contributed by atoms with Crippen molar-refractivity contribution in [3.8, 4) is 6.01 Å². The van der Waals surface area contributed by atoms with Crippen LogP contribution in [0.4, 0.5) is 0 Å². The van der Waals surface area contributed by atoms with Crippen LogP contribution in [-0.4, -0.2) is 44.7 Å². The molecule has 2 aliphatic rings. The summed E-state index contributed by atoms with van der Waals surface area (Å²) in [6.07, 6.45) is -0.866. The van der Waals surface area contributed by atoms with Crippen molar-refractivity contribution in [2.75, 3.05) is 6.61 Å². The molecule has 1 fully saturated rings. The summed E-state index contributed by atoms with van der Waals surface area (Å²) in [6.45, 7) is 1.52. The van der Waals surface area contributed by atoms with E-state index >= 15 is 0 Å². The van der Waals surface area contributed by atoms with Crippen molar-refractivity contribution in [3.05, 3.63) is 17.2 Å². The van der Waals surface area contributed by atoms with Crippen molar-refractivity contribution in [3.63, 3.8) is 0 Å². The molecule has 3 heterocycles. The van der Waals surface area contributed by atoms with Gasteiger partial charge in [-0.2, -0.15) is 4.98 Å². The number of hydrogen-bond donors (Lipinski definition) is 3. The lowest BCUT2D eigenvalue weighted by Gasteiger charge is -2.14. The highest BCUT2D eigenvalue weighted by atomic mass is 35.5. The second kappa shape index (κ2) is 4.51. The van der Waals surface area contributed by atoms with Crippen LogP contribution < -0.4 is 10.2 Å². The summed E-state index contributed by atoms with van der Waals surface area (Å²) in [5.41, 5.74) is 0.841. The molecule has 2 aliphatic heterocycles. The van der Waals surface area contributed by atoms with Gasteiger partial charge in [-0.15, -0.1) is 12.4 Å². The normalized spacial score (nSPS) is 32.4. The Balaban J connectivity index is 0.00000120. The highest BCUT2D eigenvalue weighted by Gasteiger charge is 2.50. The topological polar surface area (TPSA) is 101 Å². The van der Waals surface area contributed by atoms with Crippen LogP contribution in [0.25, 0.3) is 0 Å². The number of halogens is 1. The van der Waals surface area contributed by atoms with Crippen LogP contribution in [-0.2, 0) is 4.74 Å². The highest BCUT2D eigenvalue weighted by Crippen LogP contribution is 2.38. The largest absolute Gasteiger partial charge is 0.454 e. The Bertz CT molecular complexity index is 520. The van der Waals surface area contributed by atoms with Gasteiger partial charge in [-0.05, 0) is 6.92 Å². The first-order chi connectivity index (χ1) is 8.11. The van der Waals surface area contributed by atoms with Crippen LogP contribution in [0.5, 0.6) is 6.01 Å². The summed E-state index contributed by atoms with van der Waals surface area (Å²) in [5, 5.41) is 26.5. The van der Waals surface area contributed by atoms with E-state index in [0.717, 1.165) is 0 Å². The molecule has 3 rings (SSSR count). The van der Waals surface area contributed by atoms with Crippen LogP contribution >= 0.6 is 12.4 Å². The minimum atomic E-state index is -0.888. The summed E-state index contributed by atoms with van der Waals surface area (Å²) in [6, 6.07) is 0.269. The van der Waals surface area contributed by atoms with Gasteiger partial charge in [-0.3, -0.25) is 9.98 Å². The highest BCUT2D eigenvalue weighted by molar-refractivity contribution is 5.85. The van der Waals surface area contributed by atoms with Crippen molar-refractivity contribution in [1.82, 2.24) is 9.55 Å². The van der Waals surface area contributed by atoms with E-state index in [4.69, 9.17) is 20.0 Å². The lowest BCUT2D eigenvalue weighted by Crippen LogP contribution is -2.34. The van der Waals surface area contributed by atoms with Gasteiger partial charge in [0, 0.05) is 11.8 Å². The van der Waals surface area contributed by atoms with Crippen molar-refractivity contribution < 1.29 is 19.7 Å². The maximum Gasteiger partial charge on any atom is 0.301 e. The average Bonchev–Trinajstić information content (AvgIpc) is 2.78. The summed E-state index contributed by atoms with van der Waals surface area (Å²) in [7, 11) is 0. The van der Waals surface area contributed by atoms with Crippen molar-refractivity contribution >= 4 is 12.4 Å². The van der Waals surface area contributed by atoms with Gasteiger partial charge in [-0.25, -0.2) is 0 Å². The number of aromatic nitrogens is 2. The lowest BCUT2D eigenvalue weighted by atomic mass is 10.1. The van der Waals surface area contributed by atoms with Gasteiger partial charge >= 0.3 is 6.01 Å². The van der Waals surface area contributed by atoms with Crippen molar-refractivity contribution in [2.24, 2.45) is 0 Å². The smallest absolute Gasteiger partial charge is 0.301 e. The number of nitrogens with one attached hydrogen (secondary N) is 1. The molecule has 2 unspecified atom stereocenters. The SMILES string of the molecule is Cc1cn2c(nc1=N)O[C@@H]1C(O)C(CO)O[C@@H]12.Cl. The maximum atomic E-state index is 9.87. The van der Waals surface area contributed by atoms with Crippen LogP contribution in [0.3, 0.4) is 0 Å². The maximum absolute atomic E-state index is 9.87. The van der Waals surface area contributed by atoms with E-state index in [2.05, 4.69) is 4.98 Å². The third-order valence-corrected chi connectivity index (χ3v) is 3.14. The van der Waals surface area contributed by atoms with Gasteiger partial charge in [0.1, 0.15) is 12.2 Å². The fraction of sp³-hybridized carbons (Fsp3) is 0.600. The molecular weight excluding hydrogens is 262 g/mol. The van der Waals surface area contributed by atoms with Gasteiger partial charge in [0.25, 0.3) is 0 Å². The second-order valence-electron chi connectivity index (χ2n) is 4.28. The predicted molar refractivity (Wildman–Crippen MR) is 61.5 cm³/mol. The third kappa shape index (κ3) is 1.71. The van der Waals surface area contributed by atoms with Gasteiger partial charge in [-0.1, -0.05) is 0 Å². The van der Waals surface area contributed by atoms with E-state index in [0.29, 0.717) is 5.56 Å². The van der Waals surface area contributed by atoms with Crippen LogP contribution in [0, 0.1) is 12.3 Å². The molecular formula is C10H14ClN3O4. The minimum Gasteiger partial charge on any atom is -0.454 e. The first-order valence-electron chi connectivity index (χ1n) is 5.37. The number of aliphatic hydroxyl groups is 2. The lowest BCUT2D eigenvalue weighted by molar-refractivity contribution is -0.0435. The summed E-state index contributed by atoms with van der Waals surface area (Å²) in [4.78, 5) is 3.97. The van der Waals surface area contributed by atoms with Crippen molar-refractivity contribution in [2.45, 2.75) is 31.5 Å². The first-order valence-corrected chi connectivity index (χ1v) is 5.37. The molecule has 1 saturated heterocycles. The van der Waals surface area contributed by atoms with E-state index in [-0.39, 0.29) is 30.5 Å². The predicted octanol–water partition coefficient (Wildman–Crippen LogP) is -0.896. The standard InChI is InChI=1S/C10H13N3O4.ClH/c1-4-2-13-9-7(6(15)5(3-14)16-9)17-10(13)12-8(4)11;/h2,5-7,9,11,14-15H,3H2,1H3;1H/t5?,6?,7-,9+;/m1./s1. The number of ether oxygens (including phenoxy) is 2. The quantitative estimate of drug-likeness (QED) is 0.617.